The summed E-state index contributed by atoms with van der Waals surface area (Å²) < 4.78 is 17.9. The average molecular weight is 407 g/mol. The smallest absolute Gasteiger partial charge is 0.350 e. The van der Waals surface area contributed by atoms with Crippen molar-refractivity contribution in [1.82, 2.24) is 19.5 Å². The molecule has 0 aliphatic carbocycles. The molecule has 3 aromatic rings. The number of ether oxygens (including phenoxy) is 1. The highest BCUT2D eigenvalue weighted by molar-refractivity contribution is 7.51. The van der Waals surface area contributed by atoms with Gasteiger partial charge in [0.15, 0.2) is 11.5 Å². The number of rotatable bonds is 9. The van der Waals surface area contributed by atoms with Crippen LogP contribution in [0.2, 0.25) is 0 Å². The Bertz CT molecular complexity index is 961. The summed E-state index contributed by atoms with van der Waals surface area (Å²) in [5, 5.41) is 12.9. The van der Waals surface area contributed by atoms with Crippen LogP contribution in [0.4, 0.5) is 5.82 Å². The molecular formula is C17H22N5O5P. The lowest BCUT2D eigenvalue weighted by molar-refractivity contribution is 0.0764. The van der Waals surface area contributed by atoms with Gasteiger partial charge in [-0.25, -0.2) is 15.0 Å². The molecular weight excluding hydrogens is 385 g/mol. The normalized spacial score (nSPS) is 14.1. The highest BCUT2D eigenvalue weighted by Crippen LogP contribution is 2.34. The molecule has 0 aliphatic heterocycles. The van der Waals surface area contributed by atoms with Gasteiger partial charge in [-0.1, -0.05) is 30.3 Å². The zero-order valence-electron chi connectivity index (χ0n) is 15.2. The van der Waals surface area contributed by atoms with Crippen LogP contribution in [0.1, 0.15) is 18.5 Å². The summed E-state index contributed by atoms with van der Waals surface area (Å²) in [6, 6.07) is 9.15. The van der Waals surface area contributed by atoms with Gasteiger partial charge >= 0.3 is 7.60 Å². The van der Waals surface area contributed by atoms with Crippen LogP contribution < -0.4 is 5.32 Å². The van der Waals surface area contributed by atoms with Crippen molar-refractivity contribution in [3.05, 3.63) is 48.5 Å². The maximum absolute atomic E-state index is 10.9. The number of benzene rings is 1. The van der Waals surface area contributed by atoms with E-state index in [2.05, 4.69) is 20.3 Å². The zero-order chi connectivity index (χ0) is 20.1. The molecule has 2 heterocycles. The standard InChI is InChI=1S/C17H22N5O5P/c1-12(27-11-28(24,25)26)7-22-10-20-15-16(18-9-19-17(15)22)21-14(8-23)13-5-3-2-4-6-13/h2-6,9-10,12,14,23H,7-8,11H2,1H3,(H,18,19,21)(H2,24,25,26). The van der Waals surface area contributed by atoms with Crippen molar-refractivity contribution < 1.29 is 24.2 Å². The molecule has 28 heavy (non-hydrogen) atoms. The van der Waals surface area contributed by atoms with Crippen LogP contribution in [0.5, 0.6) is 0 Å². The first-order valence-electron chi connectivity index (χ1n) is 8.61. The Kier molecular flexibility index (Phi) is 6.38. The molecule has 0 amide bonds. The molecule has 1 aromatic carbocycles. The quantitative estimate of drug-likeness (QED) is 0.388. The van der Waals surface area contributed by atoms with Gasteiger partial charge in [-0.05, 0) is 12.5 Å². The number of anilines is 1. The Morgan fingerprint density at radius 2 is 1.96 bits per heavy atom. The minimum atomic E-state index is -4.22. The van der Waals surface area contributed by atoms with E-state index in [9.17, 15) is 9.67 Å². The lowest BCUT2D eigenvalue weighted by atomic mass is 10.1. The van der Waals surface area contributed by atoms with Gasteiger partial charge < -0.3 is 29.5 Å². The minimum absolute atomic E-state index is 0.122. The van der Waals surface area contributed by atoms with Crippen LogP contribution in [-0.2, 0) is 15.8 Å². The van der Waals surface area contributed by atoms with Crippen LogP contribution in [0, 0.1) is 0 Å². The number of aliphatic hydroxyl groups is 1. The summed E-state index contributed by atoms with van der Waals surface area (Å²) in [5.74, 6) is 0.482. The number of fused-ring (bicyclic) bond motifs is 1. The van der Waals surface area contributed by atoms with E-state index in [1.54, 1.807) is 17.8 Å². The fourth-order valence-electron chi connectivity index (χ4n) is 2.76. The number of hydrogen-bond acceptors (Lipinski definition) is 7. The minimum Gasteiger partial charge on any atom is -0.394 e. The Hall–Kier alpha value is -2.36. The predicted octanol–water partition coefficient (Wildman–Crippen LogP) is 1.51. The largest absolute Gasteiger partial charge is 0.394 e. The SMILES string of the molecule is CC(Cn1cnc2c(NC(CO)c3ccccc3)ncnc21)OCP(=O)(O)O. The van der Waals surface area contributed by atoms with E-state index in [-0.39, 0.29) is 12.6 Å². The first-order chi connectivity index (χ1) is 13.4. The molecule has 3 rings (SSSR count). The molecule has 2 aromatic heterocycles. The summed E-state index contributed by atoms with van der Waals surface area (Å²) >= 11 is 0. The fourth-order valence-corrected chi connectivity index (χ4v) is 3.21. The van der Waals surface area contributed by atoms with Gasteiger partial charge in [0.1, 0.15) is 18.2 Å². The second kappa shape index (κ2) is 8.76. The third kappa shape index (κ3) is 5.12. The Morgan fingerprint density at radius 3 is 2.64 bits per heavy atom. The van der Waals surface area contributed by atoms with Crippen LogP contribution in [0.25, 0.3) is 11.2 Å². The first-order valence-corrected chi connectivity index (χ1v) is 10.4. The Labute approximate surface area is 161 Å². The van der Waals surface area contributed by atoms with E-state index in [1.165, 1.54) is 6.33 Å². The first kappa shape index (κ1) is 20.4. The number of hydrogen-bond donors (Lipinski definition) is 4. The van der Waals surface area contributed by atoms with Gasteiger partial charge in [0.25, 0.3) is 0 Å². The van der Waals surface area contributed by atoms with E-state index >= 15 is 0 Å². The zero-order valence-corrected chi connectivity index (χ0v) is 16.1. The Balaban J connectivity index is 1.78. The van der Waals surface area contributed by atoms with E-state index in [0.29, 0.717) is 23.5 Å². The molecule has 0 fully saturated rings. The lowest BCUT2D eigenvalue weighted by Crippen LogP contribution is -2.17. The van der Waals surface area contributed by atoms with E-state index in [4.69, 9.17) is 14.5 Å². The summed E-state index contributed by atoms with van der Waals surface area (Å²) in [6.07, 6.45) is 1.87. The average Bonchev–Trinajstić information content (AvgIpc) is 3.08. The van der Waals surface area contributed by atoms with Gasteiger partial charge in [-0.3, -0.25) is 4.57 Å². The van der Waals surface area contributed by atoms with Crippen molar-refractivity contribution in [3.8, 4) is 0 Å². The summed E-state index contributed by atoms with van der Waals surface area (Å²) in [5.41, 5.74) is 1.99. The number of aliphatic hydroxyl groups excluding tert-OH is 1. The van der Waals surface area contributed by atoms with Crippen molar-refractivity contribution in [2.24, 2.45) is 0 Å². The van der Waals surface area contributed by atoms with Crippen LogP contribution in [0.15, 0.2) is 43.0 Å². The molecule has 150 valence electrons. The van der Waals surface area contributed by atoms with Gasteiger partial charge in [0.05, 0.1) is 31.6 Å². The molecule has 0 saturated heterocycles. The monoisotopic (exact) mass is 407 g/mol. The summed E-state index contributed by atoms with van der Waals surface area (Å²) in [4.78, 5) is 30.7. The number of nitrogens with one attached hydrogen (secondary N) is 1. The molecule has 0 aliphatic rings. The van der Waals surface area contributed by atoms with Gasteiger partial charge in [-0.2, -0.15) is 0 Å². The van der Waals surface area contributed by atoms with E-state index < -0.39 is 20.0 Å². The Morgan fingerprint density at radius 1 is 1.21 bits per heavy atom. The number of aromatic nitrogens is 4. The lowest BCUT2D eigenvalue weighted by Gasteiger charge is -2.17. The molecule has 2 unspecified atom stereocenters. The van der Waals surface area contributed by atoms with Gasteiger partial charge in [0, 0.05) is 0 Å². The topological polar surface area (TPSA) is 143 Å². The van der Waals surface area contributed by atoms with Crippen molar-refractivity contribution in [1.29, 1.82) is 0 Å². The van der Waals surface area contributed by atoms with Crippen molar-refractivity contribution in [3.63, 3.8) is 0 Å². The molecule has 4 N–H and O–H groups in total. The molecule has 0 radical (unpaired) electrons. The highest BCUT2D eigenvalue weighted by atomic mass is 31.2. The maximum atomic E-state index is 10.9. The molecule has 10 nitrogen and oxygen atoms in total. The van der Waals surface area contributed by atoms with Crippen LogP contribution in [0.3, 0.4) is 0 Å². The van der Waals surface area contributed by atoms with Crippen LogP contribution in [-0.4, -0.2) is 53.5 Å². The van der Waals surface area contributed by atoms with Gasteiger partial charge in [-0.15, -0.1) is 0 Å². The molecule has 2 atom stereocenters. The second-order valence-corrected chi connectivity index (χ2v) is 7.94. The molecule has 0 bridgehead atoms. The van der Waals surface area contributed by atoms with Crippen LogP contribution >= 0.6 is 7.60 Å². The molecule has 0 saturated carbocycles. The summed E-state index contributed by atoms with van der Waals surface area (Å²) in [6.45, 7) is 1.90. The van der Waals surface area contributed by atoms with Crippen molar-refractivity contribution >= 4 is 24.6 Å². The van der Waals surface area contributed by atoms with Gasteiger partial charge in [0.2, 0.25) is 0 Å². The predicted molar refractivity (Wildman–Crippen MR) is 103 cm³/mol. The van der Waals surface area contributed by atoms with E-state index in [1.807, 2.05) is 30.3 Å². The second-order valence-electron chi connectivity index (χ2n) is 6.35. The third-order valence-corrected chi connectivity index (χ3v) is 4.56. The van der Waals surface area contributed by atoms with Crippen molar-refractivity contribution in [2.45, 2.75) is 25.6 Å². The van der Waals surface area contributed by atoms with E-state index in [0.717, 1.165) is 5.56 Å². The third-order valence-electron chi connectivity index (χ3n) is 4.08. The fraction of sp³-hybridized carbons (Fsp3) is 0.353. The molecule has 0 spiro atoms. The number of nitrogens with zero attached hydrogens (tertiary/aromatic N) is 4. The summed E-state index contributed by atoms with van der Waals surface area (Å²) in [7, 11) is -4.22. The maximum Gasteiger partial charge on any atom is 0.350 e. The molecule has 11 heteroatoms. The number of imidazole rings is 1. The highest BCUT2D eigenvalue weighted by Gasteiger charge is 2.18. The van der Waals surface area contributed by atoms with Crippen molar-refractivity contribution in [2.75, 3.05) is 18.3 Å².